The highest BCUT2D eigenvalue weighted by Crippen LogP contribution is 2.32. The smallest absolute Gasteiger partial charge is 0.0411 e. The first-order chi connectivity index (χ1) is 16.8. The molecule has 0 aliphatic rings. The van der Waals surface area contributed by atoms with Gasteiger partial charge in [-0.3, -0.25) is 0 Å². The zero-order valence-electron chi connectivity index (χ0n) is 18.7. The van der Waals surface area contributed by atoms with E-state index in [2.05, 4.69) is 144 Å². The molecule has 2 heteroatoms. The van der Waals surface area contributed by atoms with Gasteiger partial charge in [-0.2, -0.15) is 0 Å². The normalized spacial score (nSPS) is 10.9. The molecule has 162 valence electrons. The molecule has 2 nitrogen and oxygen atoms in total. The van der Waals surface area contributed by atoms with Crippen molar-refractivity contribution in [3.8, 4) is 11.1 Å². The third-order valence-corrected chi connectivity index (χ3v) is 6.12. The zero-order chi connectivity index (χ0) is 22.7. The van der Waals surface area contributed by atoms with Crippen LogP contribution in [0.4, 0.5) is 22.7 Å². The fraction of sp³-hybridized carbons (Fsp3) is 0. The molecule has 0 atom stereocenters. The molecule has 0 aromatic heterocycles. The molecule has 0 heterocycles. The highest BCUT2D eigenvalue weighted by molar-refractivity contribution is 5.89. The lowest BCUT2D eigenvalue weighted by Crippen LogP contribution is -1.95. The maximum atomic E-state index is 3.62. The Bertz CT molecular complexity index is 1500. The molecule has 0 saturated carbocycles. The molecular weight excluding hydrogens is 412 g/mol. The lowest BCUT2D eigenvalue weighted by Gasteiger charge is -2.15. The Labute approximate surface area is 199 Å². The van der Waals surface area contributed by atoms with E-state index in [0.29, 0.717) is 0 Å². The van der Waals surface area contributed by atoms with Gasteiger partial charge >= 0.3 is 0 Å². The summed E-state index contributed by atoms with van der Waals surface area (Å²) in [7, 11) is 0. The summed E-state index contributed by atoms with van der Waals surface area (Å²) in [6.07, 6.45) is 0. The van der Waals surface area contributed by atoms with E-state index in [0.717, 1.165) is 28.3 Å². The van der Waals surface area contributed by atoms with E-state index in [1.54, 1.807) is 0 Å². The van der Waals surface area contributed by atoms with Crippen LogP contribution in [0.5, 0.6) is 0 Å². The molecule has 0 aliphatic heterocycles. The molecule has 34 heavy (non-hydrogen) atoms. The largest absolute Gasteiger partial charge is 0.355 e. The summed E-state index contributed by atoms with van der Waals surface area (Å²) in [5.41, 5.74) is 6.57. The van der Waals surface area contributed by atoms with Gasteiger partial charge in [-0.05, 0) is 75.1 Å². The van der Waals surface area contributed by atoms with Crippen LogP contribution >= 0.6 is 0 Å². The predicted molar refractivity (Wildman–Crippen MR) is 146 cm³/mol. The maximum Gasteiger partial charge on any atom is 0.0411 e. The molecule has 6 aromatic carbocycles. The van der Waals surface area contributed by atoms with E-state index in [1.807, 2.05) is 0 Å². The van der Waals surface area contributed by atoms with E-state index in [9.17, 15) is 0 Å². The van der Waals surface area contributed by atoms with Crippen molar-refractivity contribution in [2.45, 2.75) is 0 Å². The summed E-state index contributed by atoms with van der Waals surface area (Å²) in [5, 5.41) is 12.2. The van der Waals surface area contributed by atoms with Crippen molar-refractivity contribution in [3.05, 3.63) is 133 Å². The van der Waals surface area contributed by atoms with Gasteiger partial charge in [0.2, 0.25) is 0 Å². The fourth-order valence-electron chi connectivity index (χ4n) is 4.44. The van der Waals surface area contributed by atoms with E-state index >= 15 is 0 Å². The SMILES string of the molecule is c1ccc(-c2cc(Nc3ccc4ccccc4c3)cc(Nc3ccc4ccccc4c3)c2)cc1. The van der Waals surface area contributed by atoms with Crippen molar-refractivity contribution in [1.29, 1.82) is 0 Å². The summed E-state index contributed by atoms with van der Waals surface area (Å²) in [5.74, 6) is 0. The fourth-order valence-corrected chi connectivity index (χ4v) is 4.44. The van der Waals surface area contributed by atoms with Gasteiger partial charge in [0, 0.05) is 22.7 Å². The van der Waals surface area contributed by atoms with Crippen LogP contribution in [0.2, 0.25) is 0 Å². The lowest BCUT2D eigenvalue weighted by molar-refractivity contribution is 1.52. The standard InChI is InChI=1S/C32H24N2/c1-2-8-23(9-3-1)28-20-31(33-29-16-14-24-10-4-6-12-26(24)18-29)22-32(21-28)34-30-17-15-25-11-5-7-13-27(25)19-30/h1-22,33-34H. The minimum absolute atomic E-state index is 1.04. The number of hydrogen-bond donors (Lipinski definition) is 2. The third kappa shape index (κ3) is 4.22. The van der Waals surface area contributed by atoms with Crippen LogP contribution in [0.15, 0.2) is 133 Å². The monoisotopic (exact) mass is 436 g/mol. The van der Waals surface area contributed by atoms with Gasteiger partial charge in [0.25, 0.3) is 0 Å². The molecule has 6 aromatic rings. The van der Waals surface area contributed by atoms with Gasteiger partial charge in [0.15, 0.2) is 0 Å². The summed E-state index contributed by atoms with van der Waals surface area (Å²) in [6, 6.07) is 46.9. The Morgan fingerprint density at radius 3 is 1.29 bits per heavy atom. The number of anilines is 4. The van der Waals surface area contributed by atoms with Crippen LogP contribution in [0.1, 0.15) is 0 Å². The van der Waals surface area contributed by atoms with Gasteiger partial charge in [-0.1, -0.05) is 91.0 Å². The molecule has 6 rings (SSSR count). The van der Waals surface area contributed by atoms with E-state index in [-0.39, 0.29) is 0 Å². The van der Waals surface area contributed by atoms with Crippen LogP contribution in [0, 0.1) is 0 Å². The quantitative estimate of drug-likeness (QED) is 0.281. The second kappa shape index (κ2) is 8.76. The molecule has 0 fully saturated rings. The van der Waals surface area contributed by atoms with Gasteiger partial charge in [0.1, 0.15) is 0 Å². The molecule has 0 unspecified atom stereocenters. The van der Waals surface area contributed by atoms with Crippen molar-refractivity contribution < 1.29 is 0 Å². The Morgan fingerprint density at radius 1 is 0.294 bits per heavy atom. The van der Waals surface area contributed by atoms with Crippen molar-refractivity contribution >= 4 is 44.3 Å². The molecule has 0 radical (unpaired) electrons. The van der Waals surface area contributed by atoms with Crippen LogP contribution < -0.4 is 10.6 Å². The summed E-state index contributed by atoms with van der Waals surface area (Å²) in [4.78, 5) is 0. The molecule has 0 aliphatic carbocycles. The van der Waals surface area contributed by atoms with Gasteiger partial charge in [-0.15, -0.1) is 0 Å². The Balaban J connectivity index is 1.38. The molecule has 0 spiro atoms. The topological polar surface area (TPSA) is 24.1 Å². The summed E-state index contributed by atoms with van der Waals surface area (Å²) >= 11 is 0. The van der Waals surface area contributed by atoms with E-state index in [1.165, 1.54) is 27.1 Å². The summed E-state index contributed by atoms with van der Waals surface area (Å²) in [6.45, 7) is 0. The lowest BCUT2D eigenvalue weighted by atomic mass is 10.0. The van der Waals surface area contributed by atoms with Gasteiger partial charge in [0.05, 0.1) is 0 Å². The highest BCUT2D eigenvalue weighted by atomic mass is 14.9. The van der Waals surface area contributed by atoms with Crippen molar-refractivity contribution in [3.63, 3.8) is 0 Å². The summed E-state index contributed by atoms with van der Waals surface area (Å²) < 4.78 is 0. The van der Waals surface area contributed by atoms with Crippen molar-refractivity contribution in [1.82, 2.24) is 0 Å². The number of hydrogen-bond acceptors (Lipinski definition) is 2. The van der Waals surface area contributed by atoms with Crippen molar-refractivity contribution in [2.24, 2.45) is 0 Å². The highest BCUT2D eigenvalue weighted by Gasteiger charge is 2.06. The van der Waals surface area contributed by atoms with Gasteiger partial charge in [-0.25, -0.2) is 0 Å². The van der Waals surface area contributed by atoms with Crippen LogP contribution in [0.25, 0.3) is 32.7 Å². The first-order valence-electron chi connectivity index (χ1n) is 11.5. The first kappa shape index (κ1) is 20.1. The Hall–Kier alpha value is -4.56. The first-order valence-corrected chi connectivity index (χ1v) is 11.5. The zero-order valence-corrected chi connectivity index (χ0v) is 18.7. The van der Waals surface area contributed by atoms with Gasteiger partial charge < -0.3 is 10.6 Å². The van der Waals surface area contributed by atoms with E-state index in [4.69, 9.17) is 0 Å². The molecule has 0 amide bonds. The molecular formula is C32H24N2. The van der Waals surface area contributed by atoms with Crippen molar-refractivity contribution in [2.75, 3.05) is 10.6 Å². The average Bonchev–Trinajstić information content (AvgIpc) is 2.89. The molecule has 0 bridgehead atoms. The third-order valence-electron chi connectivity index (χ3n) is 6.12. The molecule has 2 N–H and O–H groups in total. The minimum Gasteiger partial charge on any atom is -0.355 e. The second-order valence-corrected chi connectivity index (χ2v) is 8.54. The second-order valence-electron chi connectivity index (χ2n) is 8.54. The van der Waals surface area contributed by atoms with Crippen LogP contribution in [-0.4, -0.2) is 0 Å². The number of fused-ring (bicyclic) bond motifs is 2. The number of rotatable bonds is 5. The average molecular weight is 437 g/mol. The maximum absolute atomic E-state index is 3.62. The predicted octanol–water partition coefficient (Wildman–Crippen LogP) is 9.15. The van der Waals surface area contributed by atoms with E-state index < -0.39 is 0 Å². The Morgan fingerprint density at radius 2 is 0.765 bits per heavy atom. The number of nitrogens with one attached hydrogen (secondary N) is 2. The Kier molecular flexibility index (Phi) is 5.17. The van der Waals surface area contributed by atoms with Crippen LogP contribution in [-0.2, 0) is 0 Å². The number of benzene rings is 6. The van der Waals surface area contributed by atoms with Crippen LogP contribution in [0.3, 0.4) is 0 Å². The molecule has 0 saturated heterocycles. The minimum atomic E-state index is 1.04.